The van der Waals surface area contributed by atoms with E-state index in [-0.39, 0.29) is 23.5 Å². The second kappa shape index (κ2) is 15.6. The SMILES string of the molecule is CNC(C)C(=O)NC(C(=O)N1CCCC1C(=O)Nc1cc2c(Nc3ccc(N4CCN(CC5CC5)CC4)c(F)c3)ncnc2cc1OC)C(C)(C)C. The van der Waals surface area contributed by atoms with Crippen LogP contribution in [0.5, 0.6) is 5.75 Å². The molecule has 3 atom stereocenters. The predicted molar refractivity (Wildman–Crippen MR) is 200 cm³/mol. The van der Waals surface area contributed by atoms with Crippen LogP contribution in [-0.2, 0) is 14.4 Å². The number of likely N-dealkylation sites (tertiary alicyclic amines) is 1. The van der Waals surface area contributed by atoms with Crippen molar-refractivity contribution >= 4 is 51.5 Å². The smallest absolute Gasteiger partial charge is 0.247 e. The number of carbonyl (C=O) groups excluding carboxylic acids is 3. The number of ether oxygens (including phenoxy) is 1. The third-order valence-corrected chi connectivity index (χ3v) is 10.4. The van der Waals surface area contributed by atoms with Gasteiger partial charge in [0.15, 0.2) is 0 Å². The first-order chi connectivity index (χ1) is 24.9. The van der Waals surface area contributed by atoms with Gasteiger partial charge in [-0.1, -0.05) is 20.8 Å². The summed E-state index contributed by atoms with van der Waals surface area (Å²) in [5, 5.41) is 12.6. The van der Waals surface area contributed by atoms with Crippen LogP contribution in [0.4, 0.5) is 27.3 Å². The lowest BCUT2D eigenvalue weighted by molar-refractivity contribution is -0.143. The summed E-state index contributed by atoms with van der Waals surface area (Å²) in [4.78, 5) is 55.6. The second-order valence-electron chi connectivity index (χ2n) is 15.3. The molecule has 3 fully saturated rings. The first kappa shape index (κ1) is 37.2. The Morgan fingerprint density at radius 3 is 2.42 bits per heavy atom. The highest BCUT2D eigenvalue weighted by molar-refractivity contribution is 6.03. The van der Waals surface area contributed by atoms with Crippen molar-refractivity contribution < 1.29 is 23.5 Å². The largest absolute Gasteiger partial charge is 0.494 e. The van der Waals surface area contributed by atoms with Gasteiger partial charge in [0.1, 0.15) is 35.8 Å². The Balaban J connectivity index is 1.18. The maximum absolute atomic E-state index is 15.5. The summed E-state index contributed by atoms with van der Waals surface area (Å²) >= 11 is 0. The van der Waals surface area contributed by atoms with Crippen molar-refractivity contribution in [2.75, 3.05) is 69.0 Å². The Morgan fingerprint density at radius 2 is 1.77 bits per heavy atom. The van der Waals surface area contributed by atoms with Crippen molar-refractivity contribution in [2.24, 2.45) is 11.3 Å². The maximum atomic E-state index is 15.5. The average Bonchev–Trinajstić information content (AvgIpc) is 3.80. The molecule has 2 aromatic carbocycles. The number of anilines is 4. The van der Waals surface area contributed by atoms with Gasteiger partial charge in [-0.15, -0.1) is 0 Å². The number of hydrogen-bond donors (Lipinski definition) is 4. The molecule has 1 aliphatic carbocycles. The van der Waals surface area contributed by atoms with Crippen LogP contribution in [0.3, 0.4) is 0 Å². The lowest BCUT2D eigenvalue weighted by Gasteiger charge is -2.36. The van der Waals surface area contributed by atoms with Gasteiger partial charge in [0.2, 0.25) is 17.7 Å². The van der Waals surface area contributed by atoms with E-state index in [4.69, 9.17) is 4.74 Å². The summed E-state index contributed by atoms with van der Waals surface area (Å²) in [7, 11) is 3.18. The van der Waals surface area contributed by atoms with E-state index in [2.05, 4.69) is 41.0 Å². The molecular weight excluding hydrogens is 665 g/mol. The number of halogens is 1. The van der Waals surface area contributed by atoms with Gasteiger partial charge in [0.25, 0.3) is 0 Å². The number of hydrogen-bond acceptors (Lipinski definition) is 10. The molecule has 4 N–H and O–H groups in total. The van der Waals surface area contributed by atoms with Crippen LogP contribution in [0.25, 0.3) is 10.9 Å². The normalized spacial score (nSPS) is 19.3. The standard InChI is InChI=1S/C38H52FN9O4/c1-23(40-5)35(49)45-33(38(2,3)4)37(51)48-13-7-8-31(48)36(50)44-29-19-26-28(20-32(29)52-6)41-22-42-34(26)43-25-11-12-30(27(39)18-25)47-16-14-46(15-17-47)21-24-9-10-24/h11-12,18-20,22-24,31,33,40H,7-10,13-17,21H2,1-6H3,(H,44,50)(H,45,49)(H,41,42,43). The summed E-state index contributed by atoms with van der Waals surface area (Å²) in [6, 6.07) is 6.49. The molecule has 2 aliphatic heterocycles. The van der Waals surface area contributed by atoms with Crippen LogP contribution < -0.4 is 30.9 Å². The van der Waals surface area contributed by atoms with Crippen LogP contribution in [0, 0.1) is 17.2 Å². The number of benzene rings is 2. The van der Waals surface area contributed by atoms with Crippen LogP contribution in [0.1, 0.15) is 53.4 Å². The number of piperazine rings is 1. The van der Waals surface area contributed by atoms with E-state index < -0.39 is 23.5 Å². The van der Waals surface area contributed by atoms with Crippen molar-refractivity contribution in [3.05, 3.63) is 42.5 Å². The van der Waals surface area contributed by atoms with Gasteiger partial charge in [-0.25, -0.2) is 14.4 Å². The molecule has 1 aromatic heterocycles. The lowest BCUT2D eigenvalue weighted by Crippen LogP contribution is -2.59. The number of nitrogens with one attached hydrogen (secondary N) is 4. The third kappa shape index (κ3) is 8.39. The second-order valence-corrected chi connectivity index (χ2v) is 15.3. The Hall–Kier alpha value is -4.56. The molecule has 3 amide bonds. The van der Waals surface area contributed by atoms with Gasteiger partial charge in [0, 0.05) is 56.4 Å². The molecule has 1 saturated carbocycles. The number of likely N-dealkylation sites (N-methyl/N-ethyl adjacent to an activating group) is 1. The van der Waals surface area contributed by atoms with Crippen molar-refractivity contribution in [1.82, 2.24) is 30.4 Å². The topological polar surface area (TPSA) is 144 Å². The Bertz CT molecular complexity index is 1790. The van der Waals surface area contributed by atoms with Gasteiger partial charge in [0.05, 0.1) is 30.0 Å². The molecule has 0 bridgehead atoms. The minimum Gasteiger partial charge on any atom is -0.494 e. The zero-order chi connectivity index (χ0) is 37.2. The van der Waals surface area contributed by atoms with Crippen molar-refractivity contribution in [3.8, 4) is 5.75 Å². The number of carbonyl (C=O) groups is 3. The van der Waals surface area contributed by atoms with Crippen molar-refractivity contribution in [3.63, 3.8) is 0 Å². The first-order valence-electron chi connectivity index (χ1n) is 18.3. The molecular formula is C38H52FN9O4. The molecule has 13 nitrogen and oxygen atoms in total. The van der Waals surface area contributed by atoms with Gasteiger partial charge in [-0.05, 0) is 75.3 Å². The van der Waals surface area contributed by atoms with Gasteiger partial charge >= 0.3 is 0 Å². The molecule has 0 radical (unpaired) electrons. The molecule has 6 rings (SSSR count). The van der Waals surface area contributed by atoms with Crippen molar-refractivity contribution in [2.45, 2.75) is 71.5 Å². The Kier molecular flexibility index (Phi) is 11.2. The molecule has 2 saturated heterocycles. The molecule has 52 heavy (non-hydrogen) atoms. The fraction of sp³-hybridized carbons (Fsp3) is 0.553. The summed E-state index contributed by atoms with van der Waals surface area (Å²) < 4.78 is 21.1. The average molecular weight is 718 g/mol. The van der Waals surface area contributed by atoms with Crippen molar-refractivity contribution in [1.29, 1.82) is 0 Å². The summed E-state index contributed by atoms with van der Waals surface area (Å²) in [6.07, 6.45) is 5.18. The zero-order valence-corrected chi connectivity index (χ0v) is 31.1. The molecule has 0 spiro atoms. The maximum Gasteiger partial charge on any atom is 0.247 e. The van der Waals surface area contributed by atoms with Crippen LogP contribution >= 0.6 is 0 Å². The van der Waals surface area contributed by atoms with Gasteiger partial charge in [-0.2, -0.15) is 0 Å². The number of fused-ring (bicyclic) bond motifs is 1. The minimum absolute atomic E-state index is 0.292. The zero-order valence-electron chi connectivity index (χ0n) is 31.1. The highest BCUT2D eigenvalue weighted by Gasteiger charge is 2.42. The number of methoxy groups -OCH3 is 1. The highest BCUT2D eigenvalue weighted by atomic mass is 19.1. The molecule has 3 heterocycles. The van der Waals surface area contributed by atoms with E-state index in [1.165, 1.54) is 32.3 Å². The summed E-state index contributed by atoms with van der Waals surface area (Å²) in [5.74, 6) is 0.378. The van der Waals surface area contributed by atoms with Gasteiger partial charge < -0.3 is 35.8 Å². The molecule has 280 valence electrons. The minimum atomic E-state index is -0.828. The molecule has 3 aromatic rings. The predicted octanol–water partition coefficient (Wildman–Crippen LogP) is 4.12. The van der Waals surface area contributed by atoms with E-state index >= 15 is 4.39 Å². The monoisotopic (exact) mass is 717 g/mol. The molecule has 14 heteroatoms. The molecule has 3 aliphatic rings. The van der Waals surface area contributed by atoms with Gasteiger partial charge in [-0.3, -0.25) is 19.3 Å². The van der Waals surface area contributed by atoms with Crippen LogP contribution in [0.2, 0.25) is 0 Å². The van der Waals surface area contributed by atoms with E-state index in [1.54, 1.807) is 37.1 Å². The number of amides is 3. The summed E-state index contributed by atoms with van der Waals surface area (Å²) in [6.45, 7) is 12.4. The summed E-state index contributed by atoms with van der Waals surface area (Å²) in [5.41, 5.74) is 1.46. The van der Waals surface area contributed by atoms with E-state index in [0.717, 1.165) is 38.6 Å². The lowest BCUT2D eigenvalue weighted by atomic mass is 9.85. The highest BCUT2D eigenvalue weighted by Crippen LogP contribution is 2.35. The fourth-order valence-electron chi connectivity index (χ4n) is 7.00. The molecule has 3 unspecified atom stereocenters. The quantitative estimate of drug-likeness (QED) is 0.216. The fourth-order valence-corrected chi connectivity index (χ4v) is 7.00. The van der Waals surface area contributed by atoms with Crippen LogP contribution in [-0.4, -0.2) is 109 Å². The Morgan fingerprint density at radius 1 is 1.02 bits per heavy atom. The van der Waals surface area contributed by atoms with E-state index in [9.17, 15) is 14.4 Å². The number of rotatable bonds is 12. The Labute approximate surface area is 305 Å². The van der Waals surface area contributed by atoms with E-state index in [1.807, 2.05) is 26.8 Å². The third-order valence-electron chi connectivity index (χ3n) is 10.4. The number of nitrogens with zero attached hydrogens (tertiary/aromatic N) is 5. The van der Waals surface area contributed by atoms with Crippen LogP contribution in [0.15, 0.2) is 36.7 Å². The first-order valence-corrected chi connectivity index (χ1v) is 18.3. The number of aromatic nitrogens is 2. The van der Waals surface area contributed by atoms with E-state index in [0.29, 0.717) is 58.9 Å².